The van der Waals surface area contributed by atoms with E-state index < -0.39 is 5.97 Å². The van der Waals surface area contributed by atoms with Crippen molar-refractivity contribution in [3.63, 3.8) is 0 Å². The lowest BCUT2D eigenvalue weighted by molar-refractivity contribution is 0.0696. The van der Waals surface area contributed by atoms with Gasteiger partial charge in [-0.2, -0.15) is 11.8 Å². The van der Waals surface area contributed by atoms with E-state index in [4.69, 9.17) is 14.9 Å². The molecule has 0 saturated heterocycles. The minimum Gasteiger partial charge on any atom is -0.492 e. The molecule has 0 spiro atoms. The summed E-state index contributed by atoms with van der Waals surface area (Å²) in [6, 6.07) is 6.60. The van der Waals surface area contributed by atoms with Gasteiger partial charge in [-0.3, -0.25) is 0 Å². The molecule has 6 heteroatoms. The number of aromatic carboxylic acids is 1. The van der Waals surface area contributed by atoms with Crippen LogP contribution in [0.3, 0.4) is 0 Å². The summed E-state index contributed by atoms with van der Waals surface area (Å²) in [6.45, 7) is 3.23. The molecule has 2 unspecified atom stereocenters. The van der Waals surface area contributed by atoms with Crippen LogP contribution in [0.5, 0.6) is 5.75 Å². The van der Waals surface area contributed by atoms with E-state index in [1.54, 1.807) is 23.9 Å². The second-order valence-electron chi connectivity index (χ2n) is 4.38. The molecule has 20 heavy (non-hydrogen) atoms. The van der Waals surface area contributed by atoms with Gasteiger partial charge in [-0.05, 0) is 31.4 Å². The zero-order valence-electron chi connectivity index (χ0n) is 11.7. The largest absolute Gasteiger partial charge is 0.492 e. The van der Waals surface area contributed by atoms with Crippen molar-refractivity contribution in [3.8, 4) is 5.75 Å². The highest BCUT2D eigenvalue weighted by Gasteiger charge is 2.13. The Morgan fingerprint density at radius 1 is 1.50 bits per heavy atom. The number of carboxylic acid groups (broad SMARTS) is 1. The fourth-order valence-corrected chi connectivity index (χ4v) is 2.40. The number of carboxylic acids is 1. The van der Waals surface area contributed by atoms with Gasteiger partial charge in [-0.25, -0.2) is 4.79 Å². The Labute approximate surface area is 123 Å². The molecule has 5 nitrogen and oxygen atoms in total. The molecule has 2 atom stereocenters. The lowest BCUT2D eigenvalue weighted by atomic mass is 10.2. The summed E-state index contributed by atoms with van der Waals surface area (Å²) in [5.74, 6) is -0.420. The minimum absolute atomic E-state index is 0.136. The molecule has 112 valence electrons. The molecule has 1 aromatic rings. The predicted octanol–water partition coefficient (Wildman–Crippen LogP) is 1.47. The minimum atomic E-state index is -0.965. The molecule has 1 rings (SSSR count). The Kier molecular flexibility index (Phi) is 7.43. The van der Waals surface area contributed by atoms with Gasteiger partial charge in [0.2, 0.25) is 0 Å². The van der Waals surface area contributed by atoms with Gasteiger partial charge in [0.1, 0.15) is 12.4 Å². The second kappa shape index (κ2) is 8.84. The number of ether oxygens (including phenoxy) is 1. The van der Waals surface area contributed by atoms with Crippen molar-refractivity contribution in [2.45, 2.75) is 18.2 Å². The highest BCUT2D eigenvalue weighted by molar-refractivity contribution is 7.99. The van der Waals surface area contributed by atoms with Crippen LogP contribution in [-0.4, -0.2) is 53.5 Å². The first-order chi connectivity index (χ1) is 9.58. The van der Waals surface area contributed by atoms with Crippen LogP contribution in [-0.2, 0) is 0 Å². The monoisotopic (exact) mass is 299 g/mol. The lowest BCUT2D eigenvalue weighted by Gasteiger charge is -2.21. The summed E-state index contributed by atoms with van der Waals surface area (Å²) >= 11 is 1.62. The normalized spacial score (nSPS) is 13.8. The number of benzene rings is 1. The number of aliphatic hydroxyl groups excluding tert-OH is 1. The molecule has 0 bridgehead atoms. The van der Waals surface area contributed by atoms with E-state index in [0.717, 1.165) is 0 Å². The van der Waals surface area contributed by atoms with E-state index in [2.05, 4.69) is 5.32 Å². The van der Waals surface area contributed by atoms with Crippen LogP contribution < -0.4 is 10.1 Å². The average molecular weight is 299 g/mol. The molecule has 0 fully saturated rings. The Morgan fingerprint density at radius 3 is 2.85 bits per heavy atom. The third-order valence-electron chi connectivity index (χ3n) is 2.96. The van der Waals surface area contributed by atoms with Crippen LogP contribution in [0.25, 0.3) is 0 Å². The highest BCUT2D eigenvalue weighted by atomic mass is 32.2. The summed E-state index contributed by atoms with van der Waals surface area (Å²) in [5, 5.41) is 21.5. The van der Waals surface area contributed by atoms with Gasteiger partial charge >= 0.3 is 5.97 Å². The SMILES string of the molecule is CSC(CO)C(C)NCCOc1cccc(C(=O)O)c1. The Hall–Kier alpha value is -1.24. The van der Waals surface area contributed by atoms with Crippen molar-refractivity contribution in [1.82, 2.24) is 5.32 Å². The van der Waals surface area contributed by atoms with Gasteiger partial charge in [-0.15, -0.1) is 0 Å². The zero-order chi connectivity index (χ0) is 15.0. The quantitative estimate of drug-likeness (QED) is 0.599. The molecule has 0 aliphatic heterocycles. The summed E-state index contributed by atoms with van der Waals surface area (Å²) in [4.78, 5) is 10.8. The molecule has 0 radical (unpaired) electrons. The van der Waals surface area contributed by atoms with Crippen LogP contribution in [0.2, 0.25) is 0 Å². The Bertz CT molecular complexity index is 423. The topological polar surface area (TPSA) is 78.8 Å². The number of aliphatic hydroxyl groups is 1. The van der Waals surface area contributed by atoms with Crippen LogP contribution in [0, 0.1) is 0 Å². The van der Waals surface area contributed by atoms with E-state index in [-0.39, 0.29) is 23.5 Å². The number of carbonyl (C=O) groups is 1. The fraction of sp³-hybridized carbons (Fsp3) is 0.500. The van der Waals surface area contributed by atoms with Crippen molar-refractivity contribution in [3.05, 3.63) is 29.8 Å². The summed E-state index contributed by atoms with van der Waals surface area (Å²) in [5.41, 5.74) is 0.214. The van der Waals surface area contributed by atoms with Gasteiger partial charge in [0.25, 0.3) is 0 Å². The number of thioether (sulfide) groups is 1. The number of hydrogen-bond donors (Lipinski definition) is 3. The first-order valence-corrected chi connectivity index (χ1v) is 7.70. The smallest absolute Gasteiger partial charge is 0.335 e. The maximum absolute atomic E-state index is 10.8. The standard InChI is InChI=1S/C14H21NO4S/c1-10(13(9-16)20-2)15-6-7-19-12-5-3-4-11(8-12)14(17)18/h3-5,8,10,13,15-16H,6-7,9H2,1-2H3,(H,17,18). The van der Waals surface area contributed by atoms with Gasteiger partial charge in [-0.1, -0.05) is 6.07 Å². The lowest BCUT2D eigenvalue weighted by Crippen LogP contribution is -2.39. The van der Waals surface area contributed by atoms with Crippen LogP contribution in [0.1, 0.15) is 17.3 Å². The van der Waals surface area contributed by atoms with E-state index in [9.17, 15) is 4.79 Å². The molecule has 0 aliphatic carbocycles. The van der Waals surface area contributed by atoms with Gasteiger partial charge < -0.3 is 20.3 Å². The van der Waals surface area contributed by atoms with Crippen molar-refractivity contribution < 1.29 is 19.7 Å². The molecule has 0 aliphatic rings. The zero-order valence-corrected chi connectivity index (χ0v) is 12.5. The molecule has 3 N–H and O–H groups in total. The first-order valence-electron chi connectivity index (χ1n) is 6.41. The van der Waals surface area contributed by atoms with Crippen LogP contribution in [0.15, 0.2) is 24.3 Å². The van der Waals surface area contributed by atoms with Crippen molar-refractivity contribution in [2.24, 2.45) is 0 Å². The number of hydrogen-bond acceptors (Lipinski definition) is 5. The van der Waals surface area contributed by atoms with Crippen molar-refractivity contribution >= 4 is 17.7 Å². The number of nitrogens with one attached hydrogen (secondary N) is 1. The molecular formula is C14H21NO4S. The first kappa shape index (κ1) is 16.8. The van der Waals surface area contributed by atoms with Gasteiger partial charge in [0.15, 0.2) is 0 Å². The molecule has 0 heterocycles. The molecule has 0 saturated carbocycles. The summed E-state index contributed by atoms with van der Waals surface area (Å²) in [7, 11) is 0. The Morgan fingerprint density at radius 2 is 2.25 bits per heavy atom. The summed E-state index contributed by atoms with van der Waals surface area (Å²) in [6.07, 6.45) is 1.97. The predicted molar refractivity (Wildman–Crippen MR) is 80.7 cm³/mol. The van der Waals surface area contributed by atoms with E-state index in [1.807, 2.05) is 13.2 Å². The molecule has 0 amide bonds. The van der Waals surface area contributed by atoms with Crippen LogP contribution in [0.4, 0.5) is 0 Å². The maximum atomic E-state index is 10.8. The fourth-order valence-electron chi connectivity index (χ4n) is 1.74. The van der Waals surface area contributed by atoms with Gasteiger partial charge in [0.05, 0.1) is 12.2 Å². The summed E-state index contributed by atoms with van der Waals surface area (Å²) < 4.78 is 5.50. The van der Waals surface area contributed by atoms with Gasteiger partial charge in [0, 0.05) is 17.8 Å². The number of rotatable bonds is 9. The van der Waals surface area contributed by atoms with Crippen molar-refractivity contribution in [2.75, 3.05) is 26.0 Å². The highest BCUT2D eigenvalue weighted by Crippen LogP contribution is 2.13. The van der Waals surface area contributed by atoms with Crippen LogP contribution >= 0.6 is 11.8 Å². The van der Waals surface area contributed by atoms with E-state index >= 15 is 0 Å². The maximum Gasteiger partial charge on any atom is 0.335 e. The van der Waals surface area contributed by atoms with E-state index in [0.29, 0.717) is 18.9 Å². The second-order valence-corrected chi connectivity index (χ2v) is 5.46. The Balaban J connectivity index is 2.34. The molecule has 0 aromatic heterocycles. The molecular weight excluding hydrogens is 278 g/mol. The average Bonchev–Trinajstić information content (AvgIpc) is 2.45. The third-order valence-corrected chi connectivity index (χ3v) is 4.12. The molecule has 1 aromatic carbocycles. The van der Waals surface area contributed by atoms with E-state index in [1.165, 1.54) is 12.1 Å². The third kappa shape index (κ3) is 5.40. The van der Waals surface area contributed by atoms with Crippen molar-refractivity contribution in [1.29, 1.82) is 0 Å².